The van der Waals surface area contributed by atoms with Gasteiger partial charge in [-0.05, 0) is 52.3 Å². The minimum absolute atomic E-state index is 0.327. The summed E-state index contributed by atoms with van der Waals surface area (Å²) in [5.41, 5.74) is 1.21. The molecule has 0 aliphatic carbocycles. The zero-order valence-electron chi connectivity index (χ0n) is 16.0. The summed E-state index contributed by atoms with van der Waals surface area (Å²) in [4.78, 5) is 0.327. The molecule has 0 unspecified atom stereocenters. The van der Waals surface area contributed by atoms with Crippen molar-refractivity contribution in [2.24, 2.45) is 0 Å². The molecule has 1 aromatic carbocycles. The topological polar surface area (TPSA) is 55.8 Å². The molecule has 1 saturated heterocycles. The van der Waals surface area contributed by atoms with E-state index in [9.17, 15) is 8.42 Å². The van der Waals surface area contributed by atoms with Crippen LogP contribution in [0.15, 0.2) is 52.9 Å². The molecule has 3 rings (SSSR count). The minimum atomic E-state index is -3.48. The van der Waals surface area contributed by atoms with Crippen LogP contribution in [0.1, 0.15) is 33.3 Å². The van der Waals surface area contributed by atoms with Crippen LogP contribution in [-0.4, -0.2) is 44.1 Å². The predicted molar refractivity (Wildman–Crippen MR) is 103 cm³/mol. The lowest BCUT2D eigenvalue weighted by Gasteiger charge is -2.32. The average Bonchev–Trinajstić information content (AvgIpc) is 3.09. The molecule has 0 radical (unpaired) electrons. The molecule has 2 aliphatic rings. The lowest BCUT2D eigenvalue weighted by atomic mass is 9.89. The van der Waals surface area contributed by atoms with Gasteiger partial charge in [0.15, 0.2) is 0 Å². The van der Waals surface area contributed by atoms with Crippen LogP contribution in [0, 0.1) is 6.92 Å². The van der Waals surface area contributed by atoms with Crippen LogP contribution >= 0.6 is 0 Å². The van der Waals surface area contributed by atoms with E-state index in [4.69, 9.17) is 9.31 Å². The number of hydrogen-bond donors (Lipinski definition) is 0. The quantitative estimate of drug-likeness (QED) is 0.759. The van der Waals surface area contributed by atoms with Crippen LogP contribution in [0.25, 0.3) is 0 Å². The van der Waals surface area contributed by atoms with Crippen molar-refractivity contribution in [2.75, 3.05) is 13.1 Å². The molecule has 0 bridgehead atoms. The summed E-state index contributed by atoms with van der Waals surface area (Å²) in [5, 5.41) is 0. The molecular weight excluding hydrogens is 349 g/mol. The third-order valence-corrected chi connectivity index (χ3v) is 7.14. The first-order chi connectivity index (χ1) is 12.0. The summed E-state index contributed by atoms with van der Waals surface area (Å²) >= 11 is 0. The van der Waals surface area contributed by atoms with Gasteiger partial charge >= 0.3 is 7.12 Å². The lowest BCUT2D eigenvalue weighted by Crippen LogP contribution is -2.41. The van der Waals surface area contributed by atoms with Crippen molar-refractivity contribution in [3.05, 3.63) is 53.5 Å². The number of nitrogens with zero attached hydrogens (tertiary/aromatic N) is 1. The third-order valence-electron chi connectivity index (χ3n) is 5.31. The Labute approximate surface area is 156 Å². The Morgan fingerprint density at radius 2 is 1.65 bits per heavy atom. The highest BCUT2D eigenvalue weighted by molar-refractivity contribution is 7.89. The second kappa shape index (κ2) is 6.64. The van der Waals surface area contributed by atoms with Crippen LogP contribution < -0.4 is 0 Å². The van der Waals surface area contributed by atoms with E-state index < -0.39 is 17.1 Å². The highest BCUT2D eigenvalue weighted by Crippen LogP contribution is 2.37. The summed E-state index contributed by atoms with van der Waals surface area (Å²) < 4.78 is 38.8. The molecule has 5 nitrogen and oxygen atoms in total. The number of hydrogen-bond acceptors (Lipinski definition) is 4. The highest BCUT2D eigenvalue weighted by atomic mass is 32.2. The summed E-state index contributed by atoms with van der Waals surface area (Å²) in [7, 11) is -3.91. The highest BCUT2D eigenvalue weighted by Gasteiger charge is 2.50. The molecule has 0 saturated carbocycles. The van der Waals surface area contributed by atoms with Crippen LogP contribution in [0.5, 0.6) is 0 Å². The predicted octanol–water partition coefficient (Wildman–Crippen LogP) is 3.11. The Balaban J connectivity index is 1.65. The van der Waals surface area contributed by atoms with Gasteiger partial charge in [-0.2, -0.15) is 4.31 Å². The lowest BCUT2D eigenvalue weighted by molar-refractivity contribution is 0.00578. The molecule has 1 fully saturated rings. The number of benzene rings is 1. The first-order valence-corrected chi connectivity index (χ1v) is 10.2. The Morgan fingerprint density at radius 3 is 2.23 bits per heavy atom. The van der Waals surface area contributed by atoms with Crippen molar-refractivity contribution >= 4 is 17.1 Å². The van der Waals surface area contributed by atoms with Crippen LogP contribution in [0.2, 0.25) is 0 Å². The molecule has 2 aliphatic heterocycles. The maximum atomic E-state index is 12.7. The fourth-order valence-corrected chi connectivity index (χ4v) is 4.25. The molecule has 140 valence electrons. The number of sulfonamides is 1. The number of rotatable bonds is 4. The molecule has 26 heavy (non-hydrogen) atoms. The van der Waals surface area contributed by atoms with Crippen molar-refractivity contribution in [2.45, 2.75) is 50.7 Å². The van der Waals surface area contributed by atoms with E-state index in [1.807, 2.05) is 64.9 Å². The van der Waals surface area contributed by atoms with Crippen LogP contribution in [0.4, 0.5) is 0 Å². The first kappa shape index (κ1) is 19.4. The van der Waals surface area contributed by atoms with E-state index >= 15 is 0 Å². The fourth-order valence-electron chi connectivity index (χ4n) is 2.88. The van der Waals surface area contributed by atoms with Gasteiger partial charge in [0.05, 0.1) is 16.1 Å². The van der Waals surface area contributed by atoms with Gasteiger partial charge in [-0.3, -0.25) is 0 Å². The Hall–Kier alpha value is -1.41. The van der Waals surface area contributed by atoms with E-state index in [1.54, 1.807) is 12.1 Å². The van der Waals surface area contributed by atoms with Gasteiger partial charge in [-0.25, -0.2) is 8.42 Å². The van der Waals surface area contributed by atoms with Gasteiger partial charge in [-0.1, -0.05) is 35.8 Å². The second-order valence-corrected chi connectivity index (χ2v) is 9.81. The first-order valence-electron chi connectivity index (χ1n) is 8.81. The van der Waals surface area contributed by atoms with Gasteiger partial charge in [0.25, 0.3) is 0 Å². The Morgan fingerprint density at radius 1 is 1.08 bits per heavy atom. The zero-order valence-corrected chi connectivity index (χ0v) is 16.8. The van der Waals surface area contributed by atoms with Crippen molar-refractivity contribution in [3.63, 3.8) is 0 Å². The summed E-state index contributed by atoms with van der Waals surface area (Å²) in [6, 6.07) is 6.94. The molecule has 1 aromatic rings. The van der Waals surface area contributed by atoms with Gasteiger partial charge in [0.2, 0.25) is 10.0 Å². The molecule has 7 heteroatoms. The average molecular weight is 375 g/mol. The smallest absolute Gasteiger partial charge is 0.400 e. The molecule has 0 spiro atoms. The van der Waals surface area contributed by atoms with Gasteiger partial charge in [0.1, 0.15) is 0 Å². The summed E-state index contributed by atoms with van der Waals surface area (Å²) in [6.07, 6.45) is 3.82. The van der Waals surface area contributed by atoms with Crippen molar-refractivity contribution < 1.29 is 17.7 Å². The standard InChI is InChI=1S/C19H26BNO4S/c1-15-6-8-17(9-7-15)26(22,23)21-13-11-16(14-21)10-12-20-24-18(2,3)19(4,5)25-20/h6-12H,13-14H2,1-5H3/b12-10+. The molecule has 0 N–H and O–H groups in total. The van der Waals surface area contributed by atoms with Gasteiger partial charge in [-0.15, -0.1) is 0 Å². The van der Waals surface area contributed by atoms with Gasteiger partial charge < -0.3 is 9.31 Å². The van der Waals surface area contributed by atoms with E-state index in [1.165, 1.54) is 4.31 Å². The SMILES string of the molecule is Cc1ccc(S(=O)(=O)N2CC=C(/C=C/B3OC(C)(C)C(C)(C)O3)C2)cc1. The zero-order chi connectivity index (χ0) is 19.2. The summed E-state index contributed by atoms with van der Waals surface area (Å²) in [5.74, 6) is 1.85. The van der Waals surface area contributed by atoms with Crippen molar-refractivity contribution in [1.82, 2.24) is 4.31 Å². The molecule has 0 amide bonds. The summed E-state index contributed by atoms with van der Waals surface area (Å²) in [6.45, 7) is 10.7. The third kappa shape index (κ3) is 3.67. The Kier molecular flexibility index (Phi) is 4.94. The Bertz CT molecular complexity index is 825. The van der Waals surface area contributed by atoms with Crippen molar-refractivity contribution in [1.29, 1.82) is 0 Å². The minimum Gasteiger partial charge on any atom is -0.400 e. The van der Waals surface area contributed by atoms with E-state index in [0.29, 0.717) is 18.0 Å². The van der Waals surface area contributed by atoms with Crippen molar-refractivity contribution in [3.8, 4) is 0 Å². The molecule has 0 aromatic heterocycles. The second-order valence-electron chi connectivity index (χ2n) is 7.87. The monoisotopic (exact) mass is 375 g/mol. The largest absolute Gasteiger partial charge is 0.487 e. The number of aryl methyl sites for hydroxylation is 1. The molecule has 0 atom stereocenters. The molecular formula is C19H26BNO4S. The van der Waals surface area contributed by atoms with Gasteiger partial charge in [0, 0.05) is 13.1 Å². The fraction of sp³-hybridized carbons (Fsp3) is 0.474. The normalized spacial score (nSPS) is 23.0. The van der Waals surface area contributed by atoms with Crippen LogP contribution in [0.3, 0.4) is 0 Å². The maximum Gasteiger partial charge on any atom is 0.487 e. The molecule has 2 heterocycles. The maximum absolute atomic E-state index is 12.7. The van der Waals surface area contributed by atoms with E-state index in [2.05, 4.69) is 0 Å². The van der Waals surface area contributed by atoms with E-state index in [0.717, 1.165) is 11.1 Å². The van der Waals surface area contributed by atoms with Crippen LogP contribution in [-0.2, 0) is 19.3 Å². The van der Waals surface area contributed by atoms with E-state index in [-0.39, 0.29) is 11.2 Å².